The second-order valence-electron chi connectivity index (χ2n) is 5.84. The molecule has 6 heteroatoms. The molecule has 0 aromatic heterocycles. The van der Waals surface area contributed by atoms with Gasteiger partial charge in [0.05, 0.1) is 4.90 Å². The van der Waals surface area contributed by atoms with Crippen LogP contribution in [0, 0.1) is 18.7 Å². The highest BCUT2D eigenvalue weighted by atomic mass is 32.2. The molecule has 1 N–H and O–H groups in total. The lowest BCUT2D eigenvalue weighted by Crippen LogP contribution is -2.39. The lowest BCUT2D eigenvalue weighted by atomic mass is 10.0. The number of nitrogens with zero attached hydrogens (tertiary/aromatic N) is 1. The van der Waals surface area contributed by atoms with Crippen LogP contribution in [0.25, 0.3) is 0 Å². The van der Waals surface area contributed by atoms with Crippen molar-refractivity contribution in [3.05, 3.63) is 29.1 Å². The van der Waals surface area contributed by atoms with Gasteiger partial charge < -0.3 is 5.32 Å². The van der Waals surface area contributed by atoms with Gasteiger partial charge in [0.2, 0.25) is 10.0 Å². The first-order valence-corrected chi connectivity index (χ1v) is 8.74. The largest absolute Gasteiger partial charge is 0.316 e. The summed E-state index contributed by atoms with van der Waals surface area (Å²) in [6, 6.07) is 2.98. The smallest absolute Gasteiger partial charge is 0.243 e. The Morgan fingerprint density at radius 3 is 2.76 bits per heavy atom. The lowest BCUT2D eigenvalue weighted by Gasteiger charge is -2.30. The van der Waals surface area contributed by atoms with Crippen molar-refractivity contribution in [1.29, 1.82) is 0 Å². The van der Waals surface area contributed by atoms with E-state index in [1.807, 2.05) is 6.92 Å². The molecule has 1 aliphatic heterocycles. The summed E-state index contributed by atoms with van der Waals surface area (Å²) < 4.78 is 41.1. The van der Waals surface area contributed by atoms with Crippen molar-refractivity contribution in [1.82, 2.24) is 9.62 Å². The van der Waals surface area contributed by atoms with Crippen molar-refractivity contribution < 1.29 is 12.8 Å². The van der Waals surface area contributed by atoms with Crippen molar-refractivity contribution in [2.45, 2.75) is 38.1 Å². The third-order valence-electron chi connectivity index (χ3n) is 3.97. The fourth-order valence-corrected chi connectivity index (χ4v) is 4.67. The Balaban J connectivity index is 2.43. The Hall–Kier alpha value is -0.980. The third kappa shape index (κ3) is 3.44. The van der Waals surface area contributed by atoms with Crippen molar-refractivity contribution in [2.75, 3.05) is 20.1 Å². The monoisotopic (exact) mass is 314 g/mol. The van der Waals surface area contributed by atoms with Gasteiger partial charge >= 0.3 is 0 Å². The number of benzene rings is 1. The number of hydrogen-bond acceptors (Lipinski definition) is 3. The van der Waals surface area contributed by atoms with Crippen LogP contribution in [0.2, 0.25) is 0 Å². The average molecular weight is 314 g/mol. The van der Waals surface area contributed by atoms with Gasteiger partial charge in [-0.3, -0.25) is 0 Å². The summed E-state index contributed by atoms with van der Waals surface area (Å²) in [6.07, 6.45) is 1.90. The molecule has 0 amide bonds. The normalized spacial score (nSPS) is 20.7. The van der Waals surface area contributed by atoms with Gasteiger partial charge in [-0.25, -0.2) is 12.8 Å². The number of halogens is 1. The highest BCUT2D eigenvalue weighted by Gasteiger charge is 2.30. The summed E-state index contributed by atoms with van der Waals surface area (Å²) in [7, 11) is -1.88. The van der Waals surface area contributed by atoms with E-state index in [1.54, 1.807) is 13.1 Å². The Bertz CT molecular complexity index is 616. The quantitative estimate of drug-likeness (QED) is 0.927. The zero-order chi connectivity index (χ0) is 15.6. The second kappa shape index (κ2) is 6.42. The Morgan fingerprint density at radius 1 is 1.43 bits per heavy atom. The molecule has 1 unspecified atom stereocenters. The van der Waals surface area contributed by atoms with Crippen molar-refractivity contribution in [2.24, 2.45) is 5.92 Å². The average Bonchev–Trinajstić information content (AvgIpc) is 2.42. The van der Waals surface area contributed by atoms with Gasteiger partial charge in [0.25, 0.3) is 0 Å². The zero-order valence-corrected chi connectivity index (χ0v) is 13.6. The molecule has 21 heavy (non-hydrogen) atoms. The van der Waals surface area contributed by atoms with Crippen LogP contribution >= 0.6 is 0 Å². The number of sulfonamides is 1. The van der Waals surface area contributed by atoms with Crippen molar-refractivity contribution >= 4 is 10.0 Å². The van der Waals surface area contributed by atoms with Crippen LogP contribution < -0.4 is 5.32 Å². The Labute approximate surface area is 126 Å². The maximum absolute atomic E-state index is 14.0. The fourth-order valence-electron chi connectivity index (χ4n) is 2.78. The van der Waals surface area contributed by atoms with Gasteiger partial charge in [-0.15, -0.1) is 0 Å². The summed E-state index contributed by atoms with van der Waals surface area (Å²) in [5.74, 6) is -0.120. The molecule has 0 aliphatic carbocycles. The van der Waals surface area contributed by atoms with Gasteiger partial charge in [-0.1, -0.05) is 6.92 Å². The number of rotatable bonds is 4. The van der Waals surface area contributed by atoms with Crippen LogP contribution in [0.5, 0.6) is 0 Å². The van der Waals surface area contributed by atoms with Crippen LogP contribution in [-0.2, 0) is 16.6 Å². The lowest BCUT2D eigenvalue weighted by molar-refractivity contribution is 0.281. The van der Waals surface area contributed by atoms with E-state index in [-0.39, 0.29) is 10.5 Å². The van der Waals surface area contributed by atoms with Gasteiger partial charge in [0.1, 0.15) is 5.82 Å². The minimum absolute atomic E-state index is 0.0989. The predicted octanol–water partition coefficient (Wildman–Crippen LogP) is 2.27. The molecule has 0 radical (unpaired) electrons. The van der Waals surface area contributed by atoms with Gasteiger partial charge in [-0.2, -0.15) is 4.31 Å². The highest BCUT2D eigenvalue weighted by molar-refractivity contribution is 7.89. The first-order valence-electron chi connectivity index (χ1n) is 7.30. The zero-order valence-electron chi connectivity index (χ0n) is 12.8. The minimum Gasteiger partial charge on any atom is -0.316 e. The van der Waals surface area contributed by atoms with Crippen LogP contribution in [0.3, 0.4) is 0 Å². The van der Waals surface area contributed by atoms with E-state index in [9.17, 15) is 12.8 Å². The molecule has 1 heterocycles. The molecule has 1 aliphatic rings. The molecule has 0 saturated carbocycles. The van der Waals surface area contributed by atoms with E-state index in [2.05, 4.69) is 5.32 Å². The molecule has 0 bridgehead atoms. The van der Waals surface area contributed by atoms with Gasteiger partial charge in [0, 0.05) is 25.2 Å². The molecule has 0 spiro atoms. The molecular formula is C15H23FN2O2S. The molecule has 1 saturated heterocycles. The molecule has 1 fully saturated rings. The maximum atomic E-state index is 14.0. The van der Waals surface area contributed by atoms with Crippen LogP contribution in [0.1, 0.15) is 30.9 Å². The van der Waals surface area contributed by atoms with Crippen LogP contribution in [-0.4, -0.2) is 32.9 Å². The summed E-state index contributed by atoms with van der Waals surface area (Å²) in [6.45, 7) is 5.05. The molecule has 4 nitrogen and oxygen atoms in total. The first kappa shape index (κ1) is 16.4. The predicted molar refractivity (Wildman–Crippen MR) is 81.1 cm³/mol. The summed E-state index contributed by atoms with van der Waals surface area (Å²) in [5.41, 5.74) is 0.845. The van der Waals surface area contributed by atoms with Crippen molar-refractivity contribution in [3.8, 4) is 0 Å². The van der Waals surface area contributed by atoms with E-state index in [0.29, 0.717) is 31.1 Å². The Morgan fingerprint density at radius 2 is 2.14 bits per heavy atom. The highest BCUT2D eigenvalue weighted by Crippen LogP contribution is 2.27. The summed E-state index contributed by atoms with van der Waals surface area (Å²) in [5, 5.41) is 2.92. The third-order valence-corrected chi connectivity index (χ3v) is 5.97. The molecule has 1 aromatic rings. The molecule has 1 aromatic carbocycles. The molecule has 118 valence electrons. The number of piperidine rings is 1. The van der Waals surface area contributed by atoms with E-state index < -0.39 is 15.8 Å². The van der Waals surface area contributed by atoms with E-state index >= 15 is 0 Å². The van der Waals surface area contributed by atoms with Crippen LogP contribution in [0.15, 0.2) is 17.0 Å². The topological polar surface area (TPSA) is 49.4 Å². The molecule has 1 atom stereocenters. The van der Waals surface area contributed by atoms with E-state index in [4.69, 9.17) is 0 Å². The number of nitrogens with one attached hydrogen (secondary N) is 1. The van der Waals surface area contributed by atoms with Crippen molar-refractivity contribution in [3.63, 3.8) is 0 Å². The summed E-state index contributed by atoms with van der Waals surface area (Å²) >= 11 is 0. The standard InChI is InChI=1S/C15H23FN2O2S/c1-11-5-4-6-18(10-11)21(19,20)15-8-13(9-17-3)7-14(16)12(15)2/h7-8,11,17H,4-6,9-10H2,1-3H3. The molecule has 2 rings (SSSR count). The van der Waals surface area contributed by atoms with E-state index in [1.165, 1.54) is 17.3 Å². The maximum Gasteiger partial charge on any atom is 0.243 e. The molecular weight excluding hydrogens is 291 g/mol. The summed E-state index contributed by atoms with van der Waals surface area (Å²) in [4.78, 5) is 0.0989. The van der Waals surface area contributed by atoms with E-state index in [0.717, 1.165) is 12.8 Å². The number of hydrogen-bond donors (Lipinski definition) is 1. The van der Waals surface area contributed by atoms with Gasteiger partial charge in [0.15, 0.2) is 0 Å². The fraction of sp³-hybridized carbons (Fsp3) is 0.600. The second-order valence-corrected chi connectivity index (χ2v) is 7.75. The Kier molecular flexibility index (Phi) is 5.01. The first-order chi connectivity index (χ1) is 9.86. The minimum atomic E-state index is -3.62. The SMILES string of the molecule is CNCc1cc(F)c(C)c(S(=O)(=O)N2CCCC(C)C2)c1. The van der Waals surface area contributed by atoms with Gasteiger partial charge in [-0.05, 0) is 50.4 Å². The van der Waals surface area contributed by atoms with Crippen LogP contribution in [0.4, 0.5) is 4.39 Å².